The monoisotopic (exact) mass is 1220 g/mol. The van der Waals surface area contributed by atoms with E-state index in [-0.39, 0.29) is 138 Å². The second kappa shape index (κ2) is 51.3. The van der Waals surface area contributed by atoms with Gasteiger partial charge in [-0.3, -0.25) is 47.9 Å². The zero-order valence-corrected chi connectivity index (χ0v) is 50.3. The van der Waals surface area contributed by atoms with Crippen molar-refractivity contribution in [2.45, 2.75) is 218 Å². The molecule has 6 atom stereocenters. The number of ether oxygens (including phenoxy) is 4. The normalized spacial score (nSPS) is 13.3. The molecule has 26 heteroatoms. The molecule has 492 valence electrons. The standard InChI is InChI=1S/C59H100N4O22.2H2/c1-42(50(67)39-47(43(2)64)57(76)77)20-17-18-30-60-52(69)29-27-49(59(80)81)63-54(71)41-85-37-34-82-32-19-21-46(66)40-84-36-35-83-33-31-61-51(68)28-24-44(56(74)75)38-45(65)25-26-48(58(78)79)62-53(70)22-15-13-11-9-7-5-3-4-6-8-10-12-14-16-23-55(72)73;;/h42-44,47-49,64H,3-41H2,1-2H3,(H,60,69)(H,61,68)(H,62,70)(H,63,71)(H,72,73)(H,74,75)(H,76,77)(H,78,79)(H,80,81);2*1H/t42-,43+,44+,47-,48-,49-;;/m0../s1. The quantitative estimate of drug-likeness (QED) is 0.0339. The van der Waals surface area contributed by atoms with E-state index in [0.717, 1.165) is 57.8 Å². The van der Waals surface area contributed by atoms with Gasteiger partial charge in [0.05, 0.1) is 51.0 Å². The summed E-state index contributed by atoms with van der Waals surface area (Å²) in [6.45, 7) is 3.43. The summed E-state index contributed by atoms with van der Waals surface area (Å²) < 4.78 is 21.4. The van der Waals surface area contributed by atoms with Crippen LogP contribution in [0.2, 0.25) is 0 Å². The molecule has 0 aromatic carbocycles. The lowest BCUT2D eigenvalue weighted by atomic mass is 9.89. The number of Topliss-reactive ketones (excluding diaryl/α,β-unsaturated/α-hetero) is 3. The van der Waals surface area contributed by atoms with E-state index >= 15 is 0 Å². The highest BCUT2D eigenvalue weighted by molar-refractivity contribution is 5.88. The zero-order valence-electron chi connectivity index (χ0n) is 50.3. The first-order valence-corrected chi connectivity index (χ1v) is 30.3. The van der Waals surface area contributed by atoms with Gasteiger partial charge < -0.3 is 70.9 Å². The number of ketones is 3. The molecule has 0 radical (unpaired) electrons. The maximum Gasteiger partial charge on any atom is 0.326 e. The van der Waals surface area contributed by atoms with Gasteiger partial charge in [-0.1, -0.05) is 90.4 Å². The molecule has 0 saturated carbocycles. The maximum atomic E-state index is 12.7. The van der Waals surface area contributed by atoms with E-state index in [1.54, 1.807) is 6.92 Å². The summed E-state index contributed by atoms with van der Waals surface area (Å²) in [5.74, 6) is -11.6. The maximum absolute atomic E-state index is 12.7. The lowest BCUT2D eigenvalue weighted by Crippen LogP contribution is -2.43. The first-order valence-electron chi connectivity index (χ1n) is 30.3. The zero-order chi connectivity index (χ0) is 63.6. The highest BCUT2D eigenvalue weighted by atomic mass is 16.5. The van der Waals surface area contributed by atoms with E-state index < -0.39 is 108 Å². The van der Waals surface area contributed by atoms with Gasteiger partial charge in [0.25, 0.3) is 0 Å². The lowest BCUT2D eigenvalue weighted by Gasteiger charge is -2.17. The molecule has 85 heavy (non-hydrogen) atoms. The van der Waals surface area contributed by atoms with Gasteiger partial charge >= 0.3 is 29.8 Å². The van der Waals surface area contributed by atoms with Crippen LogP contribution in [0.4, 0.5) is 0 Å². The molecule has 4 amide bonds. The molecule has 0 aliphatic heterocycles. The topological polar surface area (TPSA) is 411 Å². The highest BCUT2D eigenvalue weighted by Crippen LogP contribution is 2.19. The molecule has 0 bridgehead atoms. The van der Waals surface area contributed by atoms with E-state index in [1.165, 1.54) is 32.6 Å². The second-order valence-corrected chi connectivity index (χ2v) is 21.6. The van der Waals surface area contributed by atoms with Gasteiger partial charge in [-0.25, -0.2) is 9.59 Å². The van der Waals surface area contributed by atoms with Crippen molar-refractivity contribution in [3.63, 3.8) is 0 Å². The molecule has 0 fully saturated rings. The number of amides is 4. The molecule has 26 nitrogen and oxygen atoms in total. The molecular formula is C59H104N4O22. The number of carboxylic acids is 5. The summed E-state index contributed by atoms with van der Waals surface area (Å²) in [7, 11) is 0. The van der Waals surface area contributed by atoms with Gasteiger partial charge in [0.15, 0.2) is 5.78 Å². The number of hydrogen-bond donors (Lipinski definition) is 10. The molecule has 0 rings (SSSR count). The van der Waals surface area contributed by atoms with Crippen molar-refractivity contribution >= 4 is 70.8 Å². The van der Waals surface area contributed by atoms with Crippen LogP contribution in [0.3, 0.4) is 0 Å². The largest absolute Gasteiger partial charge is 0.481 e. The Hall–Kier alpha value is -5.96. The van der Waals surface area contributed by atoms with Crippen LogP contribution in [0, 0.1) is 17.8 Å². The van der Waals surface area contributed by atoms with Crippen LogP contribution in [0.25, 0.3) is 0 Å². The fourth-order valence-electron chi connectivity index (χ4n) is 8.80. The number of carbonyl (C=O) groups excluding carboxylic acids is 7. The molecule has 0 unspecified atom stereocenters. The van der Waals surface area contributed by atoms with Gasteiger partial charge in [-0.2, -0.15) is 0 Å². The van der Waals surface area contributed by atoms with E-state index in [4.69, 9.17) is 24.1 Å². The van der Waals surface area contributed by atoms with Crippen LogP contribution in [0.5, 0.6) is 0 Å². The first-order chi connectivity index (χ1) is 40.5. The smallest absolute Gasteiger partial charge is 0.326 e. The van der Waals surface area contributed by atoms with E-state index in [1.807, 2.05) is 0 Å². The minimum absolute atomic E-state index is 0. The van der Waals surface area contributed by atoms with Crippen molar-refractivity contribution in [3.05, 3.63) is 0 Å². The fourth-order valence-corrected chi connectivity index (χ4v) is 8.80. The summed E-state index contributed by atoms with van der Waals surface area (Å²) in [6.07, 6.45) is 14.0. The molecule has 0 saturated heterocycles. The van der Waals surface area contributed by atoms with Crippen LogP contribution >= 0.6 is 0 Å². The van der Waals surface area contributed by atoms with Crippen molar-refractivity contribution in [3.8, 4) is 0 Å². The number of rotatable bonds is 60. The molecule has 0 aromatic rings. The van der Waals surface area contributed by atoms with Crippen LogP contribution in [0.1, 0.15) is 203 Å². The number of carbonyl (C=O) groups is 12. The number of aliphatic hydroxyl groups excluding tert-OH is 1. The highest BCUT2D eigenvalue weighted by Gasteiger charge is 2.29. The third kappa shape index (κ3) is 46.9. The van der Waals surface area contributed by atoms with Crippen molar-refractivity contribution in [2.24, 2.45) is 17.8 Å². The number of aliphatic carboxylic acids is 5. The summed E-state index contributed by atoms with van der Waals surface area (Å²) in [6, 6.07) is -2.63. The first kappa shape index (κ1) is 79.0. The Balaban J connectivity index is -0.0000353. The second-order valence-electron chi connectivity index (χ2n) is 21.6. The van der Waals surface area contributed by atoms with Crippen LogP contribution in [-0.4, -0.2) is 186 Å². The Morgan fingerprint density at radius 1 is 0.388 bits per heavy atom. The molecule has 0 aliphatic carbocycles. The minimum atomic E-state index is -1.34. The van der Waals surface area contributed by atoms with Crippen LogP contribution < -0.4 is 21.3 Å². The van der Waals surface area contributed by atoms with Crippen LogP contribution in [-0.2, 0) is 76.5 Å². The summed E-state index contributed by atoms with van der Waals surface area (Å²) in [4.78, 5) is 144. The third-order valence-electron chi connectivity index (χ3n) is 14.0. The molecular weight excluding hydrogens is 1120 g/mol. The molecule has 0 heterocycles. The summed E-state index contributed by atoms with van der Waals surface area (Å²) >= 11 is 0. The van der Waals surface area contributed by atoms with Gasteiger partial charge in [-0.15, -0.1) is 0 Å². The predicted octanol–water partition coefficient (Wildman–Crippen LogP) is 5.44. The SMILES string of the molecule is C[C@@H](CCCCNC(=O)CC[C@H](NC(=O)COCCOCCCC(=O)COCCOCCNC(=O)CC[C@H](CC(=O)CC[C@H](NC(=O)CCCCCCCCCCCCCCCCC(=O)O)C(=O)O)C(=O)O)C(=O)O)C(=O)C[C@H](C(=O)O)[C@@H](C)O.[HH].[HH]. The predicted molar refractivity (Wildman–Crippen MR) is 312 cm³/mol. The van der Waals surface area contributed by atoms with Gasteiger partial charge in [0.1, 0.15) is 36.9 Å². The van der Waals surface area contributed by atoms with E-state index in [9.17, 15) is 83.1 Å². The average molecular weight is 1220 g/mol. The Bertz CT molecular complexity index is 2000. The number of hydrogen-bond acceptors (Lipinski definition) is 17. The Kier molecular flexibility index (Phi) is 47.7. The Labute approximate surface area is 502 Å². The molecule has 10 N–H and O–H groups in total. The Morgan fingerprint density at radius 2 is 0.871 bits per heavy atom. The van der Waals surface area contributed by atoms with E-state index in [2.05, 4.69) is 21.3 Å². The van der Waals surface area contributed by atoms with Gasteiger partial charge in [-0.05, 0) is 58.3 Å². The Morgan fingerprint density at radius 3 is 1.40 bits per heavy atom. The van der Waals surface area contributed by atoms with Crippen molar-refractivity contribution in [2.75, 3.05) is 65.9 Å². The number of carboxylic acid groups (broad SMARTS) is 5. The number of nitrogens with one attached hydrogen (secondary N) is 4. The molecule has 0 aromatic heterocycles. The number of unbranched alkanes of at least 4 members (excludes halogenated alkanes) is 14. The summed E-state index contributed by atoms with van der Waals surface area (Å²) in [5, 5.41) is 66.3. The van der Waals surface area contributed by atoms with Gasteiger partial charge in [0.2, 0.25) is 23.6 Å². The van der Waals surface area contributed by atoms with Crippen molar-refractivity contribution < 1.29 is 110 Å². The lowest BCUT2D eigenvalue weighted by molar-refractivity contribution is -0.148. The average Bonchev–Trinajstić information content (AvgIpc) is 3.59. The summed E-state index contributed by atoms with van der Waals surface area (Å²) in [5.41, 5.74) is 0. The van der Waals surface area contributed by atoms with E-state index in [0.29, 0.717) is 32.1 Å². The van der Waals surface area contributed by atoms with Gasteiger partial charge in [0, 0.05) is 79.8 Å². The fraction of sp³-hybridized carbons (Fsp3) is 0.797. The van der Waals surface area contributed by atoms with Crippen molar-refractivity contribution in [1.82, 2.24) is 21.3 Å². The van der Waals surface area contributed by atoms with Crippen molar-refractivity contribution in [1.29, 1.82) is 0 Å². The number of aliphatic hydroxyl groups is 1. The third-order valence-corrected chi connectivity index (χ3v) is 14.0. The van der Waals surface area contributed by atoms with Crippen LogP contribution in [0.15, 0.2) is 0 Å². The minimum Gasteiger partial charge on any atom is -0.481 e. The molecule has 0 spiro atoms. The molecule has 0 aliphatic rings.